The summed E-state index contributed by atoms with van der Waals surface area (Å²) in [5.41, 5.74) is -0.792. The van der Waals surface area contributed by atoms with Gasteiger partial charge < -0.3 is 14.9 Å². The van der Waals surface area contributed by atoms with Crippen molar-refractivity contribution in [3.63, 3.8) is 0 Å². The van der Waals surface area contributed by atoms with Gasteiger partial charge in [-0.3, -0.25) is 14.0 Å². The molecule has 1 amide bonds. The molecule has 1 saturated heterocycles. The van der Waals surface area contributed by atoms with Gasteiger partial charge in [0.15, 0.2) is 0 Å². The van der Waals surface area contributed by atoms with Gasteiger partial charge in [-0.25, -0.2) is 4.98 Å². The molecular weight excluding hydrogens is 308 g/mol. The van der Waals surface area contributed by atoms with Crippen molar-refractivity contribution >= 4 is 11.6 Å². The highest BCUT2D eigenvalue weighted by Crippen LogP contribution is 2.22. The van der Waals surface area contributed by atoms with E-state index in [4.69, 9.17) is 0 Å². The quantitative estimate of drug-likeness (QED) is 0.871. The van der Waals surface area contributed by atoms with Crippen molar-refractivity contribution in [2.75, 3.05) is 33.7 Å². The van der Waals surface area contributed by atoms with E-state index in [9.17, 15) is 14.7 Å². The van der Waals surface area contributed by atoms with Crippen LogP contribution >= 0.6 is 0 Å². The lowest BCUT2D eigenvalue weighted by molar-refractivity contribution is -0.0392. The van der Waals surface area contributed by atoms with E-state index in [0.717, 1.165) is 0 Å². The Kier molecular flexibility index (Phi) is 4.38. The second-order valence-corrected chi connectivity index (χ2v) is 6.70. The molecule has 7 nitrogen and oxygen atoms in total. The zero-order chi connectivity index (χ0) is 17.3. The molecule has 0 unspecified atom stereocenters. The molecule has 2 aromatic rings. The topological polar surface area (TPSA) is 78.2 Å². The van der Waals surface area contributed by atoms with Gasteiger partial charge in [0.2, 0.25) is 0 Å². The van der Waals surface area contributed by atoms with Crippen LogP contribution in [-0.4, -0.2) is 69.5 Å². The first-order chi connectivity index (χ1) is 11.4. The molecule has 0 aliphatic carbocycles. The van der Waals surface area contributed by atoms with Gasteiger partial charge >= 0.3 is 0 Å². The maximum atomic E-state index is 12.8. The van der Waals surface area contributed by atoms with E-state index in [0.29, 0.717) is 31.6 Å². The predicted molar refractivity (Wildman–Crippen MR) is 90.1 cm³/mol. The minimum atomic E-state index is -0.947. The van der Waals surface area contributed by atoms with Crippen LogP contribution in [0.1, 0.15) is 23.2 Å². The van der Waals surface area contributed by atoms with Gasteiger partial charge in [-0.2, -0.15) is 0 Å². The molecule has 0 saturated carbocycles. The van der Waals surface area contributed by atoms with E-state index in [1.165, 1.54) is 10.6 Å². The molecule has 1 aliphatic heterocycles. The highest BCUT2D eigenvalue weighted by molar-refractivity contribution is 5.93. The van der Waals surface area contributed by atoms with Crippen molar-refractivity contribution in [3.05, 3.63) is 46.5 Å². The molecule has 128 valence electrons. The number of hydrogen-bond donors (Lipinski definition) is 1. The lowest BCUT2D eigenvalue weighted by Crippen LogP contribution is -2.55. The number of piperidine rings is 1. The molecule has 3 rings (SSSR count). The van der Waals surface area contributed by atoms with Crippen LogP contribution in [0.5, 0.6) is 0 Å². The second kappa shape index (κ2) is 6.33. The first-order valence-electron chi connectivity index (χ1n) is 8.02. The Balaban J connectivity index is 1.89. The van der Waals surface area contributed by atoms with Crippen LogP contribution in [0.3, 0.4) is 0 Å². The molecule has 3 heterocycles. The van der Waals surface area contributed by atoms with Gasteiger partial charge in [0.25, 0.3) is 11.5 Å². The maximum absolute atomic E-state index is 12.8. The number of amides is 1. The fourth-order valence-corrected chi connectivity index (χ4v) is 3.35. The zero-order valence-electron chi connectivity index (χ0n) is 14.0. The van der Waals surface area contributed by atoms with Gasteiger partial charge in [0, 0.05) is 25.5 Å². The van der Waals surface area contributed by atoms with E-state index in [1.807, 2.05) is 19.0 Å². The molecule has 2 aromatic heterocycles. The predicted octanol–water partition coefficient (Wildman–Crippen LogP) is 0.223. The second-order valence-electron chi connectivity index (χ2n) is 6.70. The fourth-order valence-electron chi connectivity index (χ4n) is 3.35. The summed E-state index contributed by atoms with van der Waals surface area (Å²) >= 11 is 0. The van der Waals surface area contributed by atoms with Gasteiger partial charge in [-0.15, -0.1) is 0 Å². The van der Waals surface area contributed by atoms with Crippen molar-refractivity contribution < 1.29 is 9.90 Å². The van der Waals surface area contributed by atoms with Crippen molar-refractivity contribution in [2.24, 2.45) is 0 Å². The monoisotopic (exact) mass is 330 g/mol. The van der Waals surface area contributed by atoms with E-state index < -0.39 is 5.60 Å². The summed E-state index contributed by atoms with van der Waals surface area (Å²) in [4.78, 5) is 33.0. The highest BCUT2D eigenvalue weighted by atomic mass is 16.3. The van der Waals surface area contributed by atoms with Crippen molar-refractivity contribution in [3.8, 4) is 0 Å². The number of fused-ring (bicyclic) bond motifs is 1. The van der Waals surface area contributed by atoms with Crippen molar-refractivity contribution in [1.29, 1.82) is 0 Å². The minimum Gasteiger partial charge on any atom is -0.387 e. The normalized spacial score (nSPS) is 21.4. The molecule has 0 radical (unpaired) electrons. The molecule has 1 N–H and O–H groups in total. The number of pyridine rings is 1. The van der Waals surface area contributed by atoms with Gasteiger partial charge in [-0.1, -0.05) is 6.07 Å². The van der Waals surface area contributed by atoms with E-state index in [2.05, 4.69) is 4.98 Å². The Morgan fingerprint density at radius 3 is 2.96 bits per heavy atom. The summed E-state index contributed by atoms with van der Waals surface area (Å²) in [6, 6.07) is 5.22. The number of carbonyl (C=O) groups is 1. The molecule has 1 atom stereocenters. The van der Waals surface area contributed by atoms with Crippen LogP contribution in [0.4, 0.5) is 0 Å². The Labute approximate surface area is 140 Å². The van der Waals surface area contributed by atoms with Crippen LogP contribution in [0, 0.1) is 0 Å². The molecule has 24 heavy (non-hydrogen) atoms. The summed E-state index contributed by atoms with van der Waals surface area (Å²) in [6.45, 7) is 1.23. The van der Waals surface area contributed by atoms with Crippen molar-refractivity contribution in [2.45, 2.75) is 18.4 Å². The summed E-state index contributed by atoms with van der Waals surface area (Å²) in [7, 11) is 3.77. The summed E-state index contributed by atoms with van der Waals surface area (Å²) in [6.07, 6.45) is 4.28. The standard InChI is InChI=1S/C17H22N4O3/c1-19(2)11-17(24)7-5-8-20(12-17)15(22)13-10-18-14-6-3-4-9-21(14)16(13)23/h3-4,6,9-10,24H,5,7-8,11-12H2,1-2H3/t17-/m0/s1. The lowest BCUT2D eigenvalue weighted by Gasteiger charge is -2.40. The Bertz CT molecular complexity index is 817. The number of carbonyl (C=O) groups excluding carboxylic acids is 1. The number of rotatable bonds is 3. The third-order valence-electron chi connectivity index (χ3n) is 4.30. The van der Waals surface area contributed by atoms with Gasteiger partial charge in [0.1, 0.15) is 11.2 Å². The first-order valence-corrected chi connectivity index (χ1v) is 8.02. The van der Waals surface area contributed by atoms with Crippen LogP contribution in [0.2, 0.25) is 0 Å². The molecule has 0 bridgehead atoms. The molecular formula is C17H22N4O3. The Morgan fingerprint density at radius 2 is 2.21 bits per heavy atom. The zero-order valence-corrected chi connectivity index (χ0v) is 14.0. The number of aliphatic hydroxyl groups is 1. The van der Waals surface area contributed by atoms with Gasteiger partial charge in [0.05, 0.1) is 12.1 Å². The third kappa shape index (κ3) is 3.18. The molecule has 1 aliphatic rings. The van der Waals surface area contributed by atoms with Crippen LogP contribution < -0.4 is 5.56 Å². The fraction of sp³-hybridized carbons (Fsp3) is 0.471. The van der Waals surface area contributed by atoms with Crippen molar-refractivity contribution in [1.82, 2.24) is 19.2 Å². The summed E-state index contributed by atoms with van der Waals surface area (Å²) < 4.78 is 1.36. The SMILES string of the molecule is CN(C)C[C@@]1(O)CCCN(C(=O)c2cnc3ccccn3c2=O)C1. The van der Waals surface area contributed by atoms with Crippen LogP contribution in [0.25, 0.3) is 5.65 Å². The number of aromatic nitrogens is 2. The maximum Gasteiger partial charge on any atom is 0.270 e. The van der Waals surface area contributed by atoms with E-state index in [-0.39, 0.29) is 23.6 Å². The average Bonchev–Trinajstić information content (AvgIpc) is 2.54. The highest BCUT2D eigenvalue weighted by Gasteiger charge is 2.36. The number of hydrogen-bond acceptors (Lipinski definition) is 5. The van der Waals surface area contributed by atoms with E-state index >= 15 is 0 Å². The smallest absolute Gasteiger partial charge is 0.270 e. The molecule has 7 heteroatoms. The lowest BCUT2D eigenvalue weighted by atomic mass is 9.92. The average molecular weight is 330 g/mol. The molecule has 1 fully saturated rings. The van der Waals surface area contributed by atoms with E-state index in [1.54, 1.807) is 29.3 Å². The van der Waals surface area contributed by atoms with Gasteiger partial charge in [-0.05, 0) is 39.1 Å². The number of likely N-dealkylation sites (N-methyl/N-ethyl adjacent to an activating group) is 1. The van der Waals surface area contributed by atoms with Crippen LogP contribution in [0.15, 0.2) is 35.4 Å². The third-order valence-corrected chi connectivity index (χ3v) is 4.30. The molecule has 0 aromatic carbocycles. The summed E-state index contributed by atoms with van der Waals surface area (Å²) in [5.74, 6) is -0.373. The largest absolute Gasteiger partial charge is 0.387 e. The number of β-amino-alcohol motifs (C(OH)–C–C–N with tert-alkyl or cyclic N) is 1. The summed E-state index contributed by atoms with van der Waals surface area (Å²) in [5, 5.41) is 10.7. The Hall–Kier alpha value is -2.25. The Morgan fingerprint density at radius 1 is 1.42 bits per heavy atom. The minimum absolute atomic E-state index is 0.0350. The first kappa shape index (κ1) is 16.6. The van der Waals surface area contributed by atoms with Crippen LogP contribution in [-0.2, 0) is 0 Å². The molecule has 0 spiro atoms. The number of likely N-dealkylation sites (tertiary alicyclic amines) is 1. The number of nitrogens with zero attached hydrogens (tertiary/aromatic N) is 4.